The number of carboxylic acids is 1. The summed E-state index contributed by atoms with van der Waals surface area (Å²) in [5, 5.41) is 17.9. The molecule has 1 aliphatic carbocycles. The smallest absolute Gasteiger partial charge is 0.415 e. The summed E-state index contributed by atoms with van der Waals surface area (Å²) >= 11 is 3.15. The molecule has 17 heavy (non-hydrogen) atoms. The first-order valence-electron chi connectivity index (χ1n) is 4.82. The molecule has 1 atom stereocenters. The van der Waals surface area contributed by atoms with E-state index in [9.17, 15) is 14.4 Å². The van der Waals surface area contributed by atoms with E-state index in [-0.39, 0.29) is 22.6 Å². The first-order chi connectivity index (χ1) is 7.93. The van der Waals surface area contributed by atoms with Crippen LogP contribution in [-0.2, 0) is 6.42 Å². The van der Waals surface area contributed by atoms with Crippen LogP contribution in [0.4, 0.5) is 4.79 Å². The minimum atomic E-state index is -1.30. The molecule has 0 aromatic carbocycles. The maximum Gasteiger partial charge on any atom is 0.415 e. The molecule has 90 valence electrons. The van der Waals surface area contributed by atoms with E-state index in [4.69, 9.17) is 10.2 Å². The highest BCUT2D eigenvalue weighted by Gasteiger charge is 2.34. The van der Waals surface area contributed by atoms with Crippen LogP contribution in [0.3, 0.4) is 0 Å². The highest BCUT2D eigenvalue weighted by molar-refractivity contribution is 9.10. The van der Waals surface area contributed by atoms with Gasteiger partial charge < -0.3 is 10.2 Å². The maximum atomic E-state index is 11.9. The summed E-state index contributed by atoms with van der Waals surface area (Å²) in [7, 11) is 0. The van der Waals surface area contributed by atoms with Gasteiger partial charge in [0.2, 0.25) is 0 Å². The molecule has 0 amide bonds. The number of alkyl halides is 1. The number of fused-ring (bicyclic) bond motifs is 1. The minimum absolute atomic E-state index is 0.00743. The van der Waals surface area contributed by atoms with E-state index < -0.39 is 16.9 Å². The van der Waals surface area contributed by atoms with Gasteiger partial charge in [0.05, 0.1) is 16.0 Å². The number of halogens is 1. The Morgan fingerprint density at radius 2 is 2.06 bits per heavy atom. The van der Waals surface area contributed by atoms with Crippen LogP contribution in [0.15, 0.2) is 6.20 Å². The summed E-state index contributed by atoms with van der Waals surface area (Å²) in [6.45, 7) is 0. The SMILES string of the molecule is O=C(O)c1cn(C(=O)O)c2c1C(=O)C(Br)CC2. The van der Waals surface area contributed by atoms with Crippen LogP contribution in [0.5, 0.6) is 0 Å². The third-order valence-electron chi connectivity index (χ3n) is 2.71. The fourth-order valence-electron chi connectivity index (χ4n) is 1.95. The lowest BCUT2D eigenvalue weighted by Gasteiger charge is -2.17. The molecule has 2 rings (SSSR count). The molecule has 2 N–H and O–H groups in total. The average molecular weight is 302 g/mol. The third-order valence-corrected chi connectivity index (χ3v) is 3.58. The zero-order valence-corrected chi connectivity index (χ0v) is 10.1. The van der Waals surface area contributed by atoms with E-state index in [1.54, 1.807) is 0 Å². The van der Waals surface area contributed by atoms with Gasteiger partial charge in [-0.1, -0.05) is 15.9 Å². The van der Waals surface area contributed by atoms with E-state index >= 15 is 0 Å². The Balaban J connectivity index is 2.69. The van der Waals surface area contributed by atoms with Crippen LogP contribution in [0.2, 0.25) is 0 Å². The van der Waals surface area contributed by atoms with Crippen LogP contribution in [0, 0.1) is 0 Å². The van der Waals surface area contributed by atoms with E-state index in [2.05, 4.69) is 15.9 Å². The van der Waals surface area contributed by atoms with Gasteiger partial charge in [0, 0.05) is 11.9 Å². The number of Topliss-reactive ketones (excluding diaryl/α,β-unsaturated/α-hetero) is 1. The first-order valence-corrected chi connectivity index (χ1v) is 5.74. The summed E-state index contributed by atoms with van der Waals surface area (Å²) in [6.07, 6.45) is 0.520. The molecular weight excluding hydrogens is 294 g/mol. The number of carbonyl (C=O) groups excluding carboxylic acids is 1. The average Bonchev–Trinajstić information content (AvgIpc) is 2.63. The monoisotopic (exact) mass is 301 g/mol. The number of aromatic nitrogens is 1. The quantitative estimate of drug-likeness (QED) is 0.768. The normalized spacial score (nSPS) is 18.9. The second-order valence-electron chi connectivity index (χ2n) is 3.69. The zero-order chi connectivity index (χ0) is 12.7. The van der Waals surface area contributed by atoms with Crippen molar-refractivity contribution in [2.75, 3.05) is 0 Å². The largest absolute Gasteiger partial charge is 0.478 e. The standard InChI is InChI=1S/C10H8BrNO5/c11-5-1-2-6-7(8(5)13)4(9(14)15)3-12(6)10(16)17/h3,5H,1-2H2,(H,14,15)(H,16,17). The predicted molar refractivity (Wildman–Crippen MR) is 60.2 cm³/mol. The van der Waals surface area contributed by atoms with Gasteiger partial charge in [-0.15, -0.1) is 0 Å². The molecule has 1 aromatic rings. The van der Waals surface area contributed by atoms with Gasteiger partial charge in [0.25, 0.3) is 0 Å². The fraction of sp³-hybridized carbons (Fsp3) is 0.300. The summed E-state index contributed by atoms with van der Waals surface area (Å²) in [6, 6.07) is 0. The Kier molecular flexibility index (Phi) is 2.78. The fourth-order valence-corrected chi connectivity index (χ4v) is 2.41. The number of hydrogen-bond acceptors (Lipinski definition) is 3. The topological polar surface area (TPSA) is 96.6 Å². The Hall–Kier alpha value is -1.63. The molecule has 0 saturated heterocycles. The van der Waals surface area contributed by atoms with Crippen molar-refractivity contribution < 1.29 is 24.6 Å². The number of nitrogens with zero attached hydrogens (tertiary/aromatic N) is 1. The molecule has 0 bridgehead atoms. The molecule has 0 fully saturated rings. The second kappa shape index (κ2) is 3.99. The summed E-state index contributed by atoms with van der Waals surface area (Å²) < 4.78 is 0.815. The van der Waals surface area contributed by atoms with Crippen LogP contribution in [-0.4, -0.2) is 37.5 Å². The number of aromatic carboxylic acids is 1. The molecule has 0 radical (unpaired) electrons. The molecule has 1 heterocycles. The van der Waals surface area contributed by atoms with Crippen molar-refractivity contribution in [3.63, 3.8) is 0 Å². The number of carboxylic acid groups (broad SMARTS) is 2. The summed E-state index contributed by atoms with van der Waals surface area (Å²) in [5.41, 5.74) is 0.0141. The molecule has 1 unspecified atom stereocenters. The van der Waals surface area contributed by atoms with E-state index in [1.165, 1.54) is 0 Å². The molecule has 0 saturated carbocycles. The highest BCUT2D eigenvalue weighted by atomic mass is 79.9. The van der Waals surface area contributed by atoms with Crippen LogP contribution >= 0.6 is 15.9 Å². The van der Waals surface area contributed by atoms with Gasteiger partial charge >= 0.3 is 12.1 Å². The lowest BCUT2D eigenvalue weighted by atomic mass is 9.93. The Morgan fingerprint density at radius 3 is 2.59 bits per heavy atom. The zero-order valence-electron chi connectivity index (χ0n) is 8.51. The summed E-state index contributed by atoms with van der Waals surface area (Å²) in [5.74, 6) is -1.67. The van der Waals surface area contributed by atoms with Crippen molar-refractivity contribution in [2.24, 2.45) is 0 Å². The number of carbonyl (C=O) groups is 3. The van der Waals surface area contributed by atoms with Crippen LogP contribution < -0.4 is 0 Å². The number of hydrogen-bond donors (Lipinski definition) is 2. The number of ketones is 1. The summed E-state index contributed by atoms with van der Waals surface area (Å²) in [4.78, 5) is 33.3. The molecule has 7 heteroatoms. The van der Waals surface area contributed by atoms with Crippen molar-refractivity contribution in [2.45, 2.75) is 17.7 Å². The lowest BCUT2D eigenvalue weighted by molar-refractivity contribution is 0.0692. The predicted octanol–water partition coefficient (Wildman–Crippen LogP) is 1.60. The second-order valence-corrected chi connectivity index (χ2v) is 4.80. The van der Waals surface area contributed by atoms with E-state index in [0.29, 0.717) is 12.8 Å². The molecule has 0 spiro atoms. The van der Waals surface area contributed by atoms with E-state index in [1.807, 2.05) is 0 Å². The Labute approximate surface area is 104 Å². The molecular formula is C10H8BrNO5. The third kappa shape index (κ3) is 1.76. The minimum Gasteiger partial charge on any atom is -0.478 e. The van der Waals surface area contributed by atoms with Crippen molar-refractivity contribution >= 4 is 33.8 Å². The highest BCUT2D eigenvalue weighted by Crippen LogP contribution is 2.29. The van der Waals surface area contributed by atoms with Gasteiger partial charge in [-0.3, -0.25) is 9.36 Å². The van der Waals surface area contributed by atoms with E-state index in [0.717, 1.165) is 10.8 Å². The van der Waals surface area contributed by atoms with Crippen LogP contribution in [0.1, 0.15) is 32.8 Å². The van der Waals surface area contributed by atoms with Gasteiger partial charge in [-0.05, 0) is 12.8 Å². The Bertz CT molecular complexity index is 533. The molecule has 6 nitrogen and oxygen atoms in total. The van der Waals surface area contributed by atoms with Crippen molar-refractivity contribution in [1.82, 2.24) is 4.57 Å². The lowest BCUT2D eigenvalue weighted by Crippen LogP contribution is -2.25. The molecule has 1 aliphatic rings. The van der Waals surface area contributed by atoms with Gasteiger partial charge in [0.1, 0.15) is 0 Å². The first kappa shape index (κ1) is 11.8. The van der Waals surface area contributed by atoms with Crippen molar-refractivity contribution in [3.05, 3.63) is 23.0 Å². The molecule has 0 aliphatic heterocycles. The number of rotatable bonds is 1. The van der Waals surface area contributed by atoms with Crippen molar-refractivity contribution in [1.29, 1.82) is 0 Å². The van der Waals surface area contributed by atoms with Gasteiger partial charge in [0.15, 0.2) is 5.78 Å². The molecule has 1 aromatic heterocycles. The van der Waals surface area contributed by atoms with Crippen LogP contribution in [0.25, 0.3) is 0 Å². The van der Waals surface area contributed by atoms with Gasteiger partial charge in [-0.2, -0.15) is 0 Å². The van der Waals surface area contributed by atoms with Crippen molar-refractivity contribution in [3.8, 4) is 0 Å². The maximum absolute atomic E-state index is 11.9. The van der Waals surface area contributed by atoms with Gasteiger partial charge in [-0.25, -0.2) is 9.59 Å². The Morgan fingerprint density at radius 1 is 1.41 bits per heavy atom.